The van der Waals surface area contributed by atoms with Gasteiger partial charge in [0.15, 0.2) is 0 Å². The molecule has 0 amide bonds. The van der Waals surface area contributed by atoms with Gasteiger partial charge in [0, 0.05) is 10.9 Å². The Morgan fingerprint density at radius 3 is 2.59 bits per heavy atom. The first-order valence-corrected chi connectivity index (χ1v) is 7.05. The third-order valence-corrected chi connectivity index (χ3v) is 3.39. The van der Waals surface area contributed by atoms with E-state index in [1.54, 1.807) is 24.3 Å². The molecule has 1 aromatic heterocycles. The van der Waals surface area contributed by atoms with Gasteiger partial charge >= 0.3 is 5.97 Å². The number of benzene rings is 2. The number of ether oxygens (including phenoxy) is 1. The number of carboxylic acids is 1. The van der Waals surface area contributed by atoms with Gasteiger partial charge in [0.2, 0.25) is 0 Å². The van der Waals surface area contributed by atoms with Crippen molar-refractivity contribution in [3.05, 3.63) is 60.2 Å². The summed E-state index contributed by atoms with van der Waals surface area (Å²) in [6.45, 7) is 2.42. The fourth-order valence-electron chi connectivity index (χ4n) is 2.40. The molecule has 0 fully saturated rings. The maximum absolute atomic E-state index is 11.6. The van der Waals surface area contributed by atoms with Gasteiger partial charge in [0.1, 0.15) is 5.75 Å². The van der Waals surface area contributed by atoms with E-state index in [0.29, 0.717) is 29.0 Å². The molecular formula is C18H15NO3. The van der Waals surface area contributed by atoms with Crippen LogP contribution in [-0.4, -0.2) is 22.7 Å². The van der Waals surface area contributed by atoms with Crippen LogP contribution in [0.5, 0.6) is 5.75 Å². The van der Waals surface area contributed by atoms with Gasteiger partial charge in [-0.1, -0.05) is 30.3 Å². The summed E-state index contributed by atoms with van der Waals surface area (Å²) in [6.07, 6.45) is 0. The molecule has 0 saturated carbocycles. The third kappa shape index (κ3) is 2.63. The number of carboxylic acid groups (broad SMARTS) is 1. The average molecular weight is 293 g/mol. The standard InChI is InChI=1S/C18H15NO3/c1-2-22-13-8-9-16-14(10-13)15(18(20)21)11-17(19-16)12-6-4-3-5-7-12/h3-11H,2H2,1H3,(H,20,21). The number of hydrogen-bond donors (Lipinski definition) is 1. The van der Waals surface area contributed by atoms with Crippen LogP contribution in [0.15, 0.2) is 54.6 Å². The SMILES string of the molecule is CCOc1ccc2nc(-c3ccccc3)cc(C(=O)O)c2c1. The molecule has 4 nitrogen and oxygen atoms in total. The van der Waals surface area contributed by atoms with Crippen LogP contribution in [-0.2, 0) is 0 Å². The predicted molar refractivity (Wildman–Crippen MR) is 85.3 cm³/mol. The van der Waals surface area contributed by atoms with E-state index in [0.717, 1.165) is 5.56 Å². The number of nitrogens with zero attached hydrogens (tertiary/aromatic N) is 1. The molecule has 0 saturated heterocycles. The molecule has 2 aromatic carbocycles. The van der Waals surface area contributed by atoms with Crippen molar-refractivity contribution < 1.29 is 14.6 Å². The summed E-state index contributed by atoms with van der Waals surface area (Å²) in [7, 11) is 0. The number of rotatable bonds is 4. The van der Waals surface area contributed by atoms with Crippen molar-refractivity contribution in [1.82, 2.24) is 4.98 Å². The first-order chi connectivity index (χ1) is 10.7. The van der Waals surface area contributed by atoms with E-state index in [1.165, 1.54) is 0 Å². The van der Waals surface area contributed by atoms with Crippen LogP contribution < -0.4 is 4.74 Å². The Bertz CT molecular complexity index is 828. The Hall–Kier alpha value is -2.88. The zero-order chi connectivity index (χ0) is 15.5. The van der Waals surface area contributed by atoms with Gasteiger partial charge in [-0.15, -0.1) is 0 Å². The van der Waals surface area contributed by atoms with Gasteiger partial charge in [-0.25, -0.2) is 9.78 Å². The van der Waals surface area contributed by atoms with Crippen molar-refractivity contribution >= 4 is 16.9 Å². The lowest BCUT2D eigenvalue weighted by Crippen LogP contribution is -2.01. The van der Waals surface area contributed by atoms with Gasteiger partial charge in [-0.2, -0.15) is 0 Å². The van der Waals surface area contributed by atoms with E-state index in [2.05, 4.69) is 4.98 Å². The number of pyridine rings is 1. The van der Waals surface area contributed by atoms with Crippen molar-refractivity contribution in [2.45, 2.75) is 6.92 Å². The number of hydrogen-bond acceptors (Lipinski definition) is 3. The van der Waals surface area contributed by atoms with Crippen molar-refractivity contribution in [1.29, 1.82) is 0 Å². The van der Waals surface area contributed by atoms with Crippen molar-refractivity contribution in [2.24, 2.45) is 0 Å². The molecule has 22 heavy (non-hydrogen) atoms. The zero-order valence-electron chi connectivity index (χ0n) is 12.1. The lowest BCUT2D eigenvalue weighted by Gasteiger charge is -2.09. The minimum atomic E-state index is -0.974. The quantitative estimate of drug-likeness (QED) is 0.790. The van der Waals surface area contributed by atoms with Crippen LogP contribution in [0.25, 0.3) is 22.2 Å². The van der Waals surface area contributed by atoms with Gasteiger partial charge in [-0.3, -0.25) is 0 Å². The van der Waals surface area contributed by atoms with Gasteiger partial charge in [0.25, 0.3) is 0 Å². The second-order valence-corrected chi connectivity index (χ2v) is 4.84. The highest BCUT2D eigenvalue weighted by atomic mass is 16.5. The van der Waals surface area contributed by atoms with E-state index in [-0.39, 0.29) is 5.56 Å². The first kappa shape index (κ1) is 14.1. The minimum absolute atomic E-state index is 0.227. The highest BCUT2D eigenvalue weighted by molar-refractivity contribution is 6.04. The molecule has 0 bridgehead atoms. The highest BCUT2D eigenvalue weighted by Crippen LogP contribution is 2.27. The van der Waals surface area contributed by atoms with E-state index < -0.39 is 5.97 Å². The van der Waals surface area contributed by atoms with Crippen LogP contribution >= 0.6 is 0 Å². The molecule has 1 N–H and O–H groups in total. The van der Waals surface area contributed by atoms with Crippen LogP contribution in [0, 0.1) is 0 Å². The maximum Gasteiger partial charge on any atom is 0.336 e. The molecule has 0 aliphatic heterocycles. The molecule has 110 valence electrons. The normalized spacial score (nSPS) is 10.6. The number of aromatic nitrogens is 1. The predicted octanol–water partition coefficient (Wildman–Crippen LogP) is 4.00. The third-order valence-electron chi connectivity index (χ3n) is 3.39. The average Bonchev–Trinajstić information content (AvgIpc) is 2.55. The van der Waals surface area contributed by atoms with Crippen molar-refractivity contribution in [2.75, 3.05) is 6.61 Å². The first-order valence-electron chi connectivity index (χ1n) is 7.05. The number of carbonyl (C=O) groups is 1. The van der Waals surface area contributed by atoms with Gasteiger partial charge in [-0.05, 0) is 31.2 Å². The molecule has 0 radical (unpaired) electrons. The fraction of sp³-hybridized carbons (Fsp3) is 0.111. The Kier molecular flexibility index (Phi) is 3.74. The molecule has 3 aromatic rings. The Morgan fingerprint density at radius 1 is 1.14 bits per heavy atom. The molecular weight excluding hydrogens is 278 g/mol. The van der Waals surface area contributed by atoms with Crippen LogP contribution in [0.1, 0.15) is 17.3 Å². The number of aromatic carboxylic acids is 1. The summed E-state index contributed by atoms with van der Waals surface area (Å²) in [4.78, 5) is 16.2. The van der Waals surface area contributed by atoms with Gasteiger partial charge < -0.3 is 9.84 Å². The van der Waals surface area contributed by atoms with E-state index in [1.807, 2.05) is 37.3 Å². The summed E-state index contributed by atoms with van der Waals surface area (Å²) in [6, 6.07) is 16.5. The van der Waals surface area contributed by atoms with Crippen LogP contribution in [0.4, 0.5) is 0 Å². The second-order valence-electron chi connectivity index (χ2n) is 4.84. The molecule has 0 unspecified atom stereocenters. The van der Waals surface area contributed by atoms with Crippen molar-refractivity contribution in [3.63, 3.8) is 0 Å². The smallest absolute Gasteiger partial charge is 0.336 e. The summed E-state index contributed by atoms with van der Waals surface area (Å²) >= 11 is 0. The fourth-order valence-corrected chi connectivity index (χ4v) is 2.40. The summed E-state index contributed by atoms with van der Waals surface area (Å²) in [5.41, 5.74) is 2.41. The molecule has 3 rings (SSSR count). The zero-order valence-corrected chi connectivity index (χ0v) is 12.1. The maximum atomic E-state index is 11.6. The molecule has 0 aliphatic carbocycles. The van der Waals surface area contributed by atoms with E-state index >= 15 is 0 Å². The topological polar surface area (TPSA) is 59.4 Å². The van der Waals surface area contributed by atoms with Crippen LogP contribution in [0.3, 0.4) is 0 Å². The number of fused-ring (bicyclic) bond motifs is 1. The lowest BCUT2D eigenvalue weighted by atomic mass is 10.0. The highest BCUT2D eigenvalue weighted by Gasteiger charge is 2.13. The van der Waals surface area contributed by atoms with Crippen LogP contribution in [0.2, 0.25) is 0 Å². The van der Waals surface area contributed by atoms with Crippen molar-refractivity contribution in [3.8, 4) is 17.0 Å². The lowest BCUT2D eigenvalue weighted by molar-refractivity contribution is 0.0699. The molecule has 1 heterocycles. The second kappa shape index (κ2) is 5.85. The largest absolute Gasteiger partial charge is 0.494 e. The molecule has 0 aliphatic rings. The summed E-state index contributed by atoms with van der Waals surface area (Å²) in [5.74, 6) is -0.329. The monoisotopic (exact) mass is 293 g/mol. The minimum Gasteiger partial charge on any atom is -0.494 e. The Labute approximate surface area is 128 Å². The molecule has 0 spiro atoms. The molecule has 0 atom stereocenters. The summed E-state index contributed by atoms with van der Waals surface area (Å²) < 4.78 is 5.44. The Balaban J connectivity index is 2.23. The Morgan fingerprint density at radius 2 is 1.91 bits per heavy atom. The van der Waals surface area contributed by atoms with E-state index in [4.69, 9.17) is 4.74 Å². The van der Waals surface area contributed by atoms with E-state index in [9.17, 15) is 9.90 Å². The summed E-state index contributed by atoms with van der Waals surface area (Å²) in [5, 5.41) is 10.1. The molecule has 4 heteroatoms. The van der Waals surface area contributed by atoms with Gasteiger partial charge in [0.05, 0.1) is 23.4 Å².